The average molecular weight is 585 g/mol. The van der Waals surface area contributed by atoms with Crippen molar-refractivity contribution in [2.45, 2.75) is 113 Å². The first-order chi connectivity index (χ1) is 19.7. The van der Waals surface area contributed by atoms with Gasteiger partial charge in [-0.3, -0.25) is 14.4 Å². The number of carbonyl (C=O) groups is 3. The maximum absolute atomic E-state index is 14.3. The molecule has 9 atom stereocenters. The number of aliphatic hydroxyl groups excluding tert-OH is 2. The third-order valence-electron chi connectivity index (χ3n) is 9.40. The lowest BCUT2D eigenvalue weighted by Gasteiger charge is -2.55. The number of phenolic OH excluding ortho intramolecular Hbond substituents is 1. The van der Waals surface area contributed by atoms with Crippen LogP contribution in [0.1, 0.15) is 91.7 Å². The SMILES string of the molecule is C[C@@H]1O[C@@H](O[C@]23C(=O)C[C@](C)(O)C[C@@]2(O)C=CC2=C3C(=O)c3ccc([C@H]4CC[C@@H](O)[C@@H](C)O4)c(O)c3C2=O)CC[C@@H]1O. The maximum Gasteiger partial charge on any atom is 0.198 e. The Morgan fingerprint density at radius 3 is 2.26 bits per heavy atom. The van der Waals surface area contributed by atoms with Gasteiger partial charge in [0, 0.05) is 36.0 Å². The Balaban J connectivity index is 1.47. The summed E-state index contributed by atoms with van der Waals surface area (Å²) in [4.78, 5) is 42.4. The zero-order valence-electron chi connectivity index (χ0n) is 23.7. The first-order valence-electron chi connectivity index (χ1n) is 14.4. The molecule has 0 unspecified atom stereocenters. The van der Waals surface area contributed by atoms with Crippen LogP contribution in [-0.4, -0.2) is 90.4 Å². The van der Waals surface area contributed by atoms with Crippen molar-refractivity contribution in [1.82, 2.24) is 0 Å². The number of aromatic hydroxyl groups is 1. The van der Waals surface area contributed by atoms with Gasteiger partial charge in [0.1, 0.15) is 11.4 Å². The third kappa shape index (κ3) is 4.25. The normalized spacial score (nSPS) is 41.8. The molecule has 1 aromatic carbocycles. The van der Waals surface area contributed by atoms with Gasteiger partial charge in [0.2, 0.25) is 0 Å². The summed E-state index contributed by atoms with van der Waals surface area (Å²) in [5, 5.41) is 54.4. The van der Waals surface area contributed by atoms with Gasteiger partial charge in [0.15, 0.2) is 29.2 Å². The minimum atomic E-state index is -2.39. The summed E-state index contributed by atoms with van der Waals surface area (Å²) in [5.41, 5.74) is -6.92. The predicted octanol–water partition coefficient (Wildman–Crippen LogP) is 1.72. The number of hydrogen-bond acceptors (Lipinski definition) is 11. The van der Waals surface area contributed by atoms with E-state index in [0.717, 1.165) is 0 Å². The molecule has 11 heteroatoms. The fourth-order valence-electron chi connectivity index (χ4n) is 7.19. The second kappa shape index (κ2) is 9.88. The molecule has 0 amide bonds. The van der Waals surface area contributed by atoms with Crippen molar-refractivity contribution < 1.29 is 54.1 Å². The van der Waals surface area contributed by atoms with Gasteiger partial charge in [0.05, 0.1) is 47.3 Å². The molecule has 0 radical (unpaired) electrons. The highest BCUT2D eigenvalue weighted by Crippen LogP contribution is 2.54. The summed E-state index contributed by atoms with van der Waals surface area (Å²) in [6.45, 7) is 4.74. The number of hydrogen-bond donors (Lipinski definition) is 5. The Kier molecular flexibility index (Phi) is 6.90. The van der Waals surface area contributed by atoms with Crippen LogP contribution in [-0.2, 0) is 19.0 Å². The van der Waals surface area contributed by atoms with Crippen molar-refractivity contribution in [2.75, 3.05) is 0 Å². The van der Waals surface area contributed by atoms with Crippen LogP contribution in [0, 0.1) is 0 Å². The lowest BCUT2D eigenvalue weighted by Crippen LogP contribution is -2.71. The second-order valence-electron chi connectivity index (χ2n) is 12.6. The van der Waals surface area contributed by atoms with Crippen LogP contribution in [0.25, 0.3) is 0 Å². The predicted molar refractivity (Wildman–Crippen MR) is 145 cm³/mol. The van der Waals surface area contributed by atoms with E-state index in [4.69, 9.17) is 14.2 Å². The van der Waals surface area contributed by atoms with Gasteiger partial charge in [0.25, 0.3) is 0 Å². The molecule has 2 aliphatic heterocycles. The lowest BCUT2D eigenvalue weighted by molar-refractivity contribution is -0.282. The molecular formula is C31H36O11. The molecule has 1 saturated carbocycles. The van der Waals surface area contributed by atoms with Gasteiger partial charge in [-0.2, -0.15) is 0 Å². The van der Waals surface area contributed by atoms with Gasteiger partial charge in [-0.1, -0.05) is 12.1 Å². The van der Waals surface area contributed by atoms with E-state index in [0.29, 0.717) is 18.4 Å². The molecule has 2 heterocycles. The summed E-state index contributed by atoms with van der Waals surface area (Å²) in [7, 11) is 0. The van der Waals surface area contributed by atoms with Gasteiger partial charge in [-0.25, -0.2) is 0 Å². The number of phenols is 1. The largest absolute Gasteiger partial charge is 0.507 e. The van der Waals surface area contributed by atoms with Gasteiger partial charge < -0.3 is 39.7 Å². The first kappa shape index (κ1) is 29.3. The van der Waals surface area contributed by atoms with Gasteiger partial charge >= 0.3 is 0 Å². The van der Waals surface area contributed by atoms with Gasteiger partial charge in [-0.15, -0.1) is 0 Å². The van der Waals surface area contributed by atoms with E-state index in [9.17, 15) is 39.9 Å². The Labute approximate surface area is 242 Å². The maximum atomic E-state index is 14.3. The highest BCUT2D eigenvalue weighted by atomic mass is 16.7. The van der Waals surface area contributed by atoms with Crippen LogP contribution in [0.4, 0.5) is 0 Å². The molecule has 1 aromatic rings. The number of carbonyl (C=O) groups excluding carboxylic acids is 3. The summed E-state index contributed by atoms with van der Waals surface area (Å²) < 4.78 is 18.0. The minimum Gasteiger partial charge on any atom is -0.507 e. The number of aliphatic hydroxyl groups is 4. The molecule has 42 heavy (non-hydrogen) atoms. The van der Waals surface area contributed by atoms with Gasteiger partial charge in [-0.05, 0) is 52.2 Å². The van der Waals surface area contributed by atoms with Crippen LogP contribution < -0.4 is 0 Å². The number of rotatable bonds is 3. The van der Waals surface area contributed by atoms with Crippen LogP contribution in [0.5, 0.6) is 5.75 Å². The Bertz CT molecular complexity index is 1430. The molecule has 3 aliphatic carbocycles. The van der Waals surface area contributed by atoms with E-state index in [1.54, 1.807) is 13.8 Å². The number of benzene rings is 1. The smallest absolute Gasteiger partial charge is 0.198 e. The van der Waals surface area contributed by atoms with E-state index in [1.165, 1.54) is 31.2 Å². The molecule has 0 aromatic heterocycles. The van der Waals surface area contributed by atoms with Crippen molar-refractivity contribution in [2.24, 2.45) is 0 Å². The zero-order chi connectivity index (χ0) is 30.4. The molecule has 2 saturated heterocycles. The molecule has 5 aliphatic rings. The average Bonchev–Trinajstić information content (AvgIpc) is 2.90. The quantitative estimate of drug-likeness (QED) is 0.349. The Morgan fingerprint density at radius 1 is 0.929 bits per heavy atom. The highest BCUT2D eigenvalue weighted by molar-refractivity contribution is 6.32. The number of ether oxygens (including phenoxy) is 3. The fourth-order valence-corrected chi connectivity index (χ4v) is 7.19. The van der Waals surface area contributed by atoms with E-state index in [2.05, 4.69) is 0 Å². The lowest BCUT2D eigenvalue weighted by atomic mass is 9.57. The second-order valence-corrected chi connectivity index (χ2v) is 12.6. The summed E-state index contributed by atoms with van der Waals surface area (Å²) in [6, 6.07) is 2.87. The van der Waals surface area contributed by atoms with Crippen molar-refractivity contribution in [3.8, 4) is 5.75 Å². The molecule has 3 fully saturated rings. The van der Waals surface area contributed by atoms with Crippen molar-refractivity contribution in [3.63, 3.8) is 0 Å². The third-order valence-corrected chi connectivity index (χ3v) is 9.40. The first-order valence-corrected chi connectivity index (χ1v) is 14.4. The summed E-state index contributed by atoms with van der Waals surface area (Å²) >= 11 is 0. The molecule has 0 bridgehead atoms. The van der Waals surface area contributed by atoms with Crippen LogP contribution in [0.15, 0.2) is 35.4 Å². The standard InChI is InChI=1S/C31H36O11/c1-14-19(32)6-8-21(40-14)16-4-5-17-24(26(16)35)27(36)18-10-11-30(39)13-29(3,38)12-22(34)31(30,25(18)28(17)37)42-23-9-7-20(33)15(2)41-23/h4-5,10-11,14-15,19-21,23,32-33,35,38-39H,6-9,12-13H2,1-3H3/t14-,15+,19-,20+,21-,23+,29+,30+,31+/m1/s1. The van der Waals surface area contributed by atoms with Crippen molar-refractivity contribution in [3.05, 3.63) is 52.1 Å². The van der Waals surface area contributed by atoms with E-state index in [1.807, 2.05) is 0 Å². The minimum absolute atomic E-state index is 0.150. The van der Waals surface area contributed by atoms with Crippen molar-refractivity contribution >= 4 is 17.3 Å². The Hall–Kier alpha value is -2.77. The van der Waals surface area contributed by atoms with Crippen LogP contribution in [0.2, 0.25) is 0 Å². The molecule has 0 spiro atoms. The number of ketones is 3. The molecular weight excluding hydrogens is 548 g/mol. The number of Topliss-reactive ketones (excluding diaryl/α,β-unsaturated/α-hetero) is 3. The van der Waals surface area contributed by atoms with E-state index in [-0.39, 0.29) is 41.5 Å². The van der Waals surface area contributed by atoms with Crippen LogP contribution in [0.3, 0.4) is 0 Å². The summed E-state index contributed by atoms with van der Waals surface area (Å²) in [6.07, 6.45) is -1.47. The summed E-state index contributed by atoms with van der Waals surface area (Å²) in [5.74, 6) is -2.74. The number of fused-ring (bicyclic) bond motifs is 3. The Morgan fingerprint density at radius 2 is 1.60 bits per heavy atom. The van der Waals surface area contributed by atoms with E-state index >= 15 is 0 Å². The highest BCUT2D eigenvalue weighted by Gasteiger charge is 2.68. The molecule has 5 N–H and O–H groups in total. The monoisotopic (exact) mass is 584 g/mol. The zero-order valence-corrected chi connectivity index (χ0v) is 23.7. The fraction of sp³-hybridized carbons (Fsp3) is 0.581. The molecule has 226 valence electrons. The van der Waals surface area contributed by atoms with Crippen LogP contribution >= 0.6 is 0 Å². The van der Waals surface area contributed by atoms with Crippen molar-refractivity contribution in [1.29, 1.82) is 0 Å². The molecule has 6 rings (SSSR count). The topological polar surface area (TPSA) is 180 Å². The van der Waals surface area contributed by atoms with E-state index < -0.39 is 83.1 Å². The molecule has 11 nitrogen and oxygen atoms in total. The number of allylic oxidation sites excluding steroid dienone is 2.